The van der Waals surface area contributed by atoms with Gasteiger partial charge in [0.15, 0.2) is 5.11 Å². The van der Waals surface area contributed by atoms with Crippen LogP contribution in [0.5, 0.6) is 0 Å². The van der Waals surface area contributed by atoms with Crippen molar-refractivity contribution in [3.05, 3.63) is 77.9 Å². The lowest BCUT2D eigenvalue weighted by Gasteiger charge is -2.15. The molecule has 0 saturated carbocycles. The minimum Gasteiger partial charge on any atom is -0.357 e. The predicted molar refractivity (Wildman–Crippen MR) is 92.6 cm³/mol. The van der Waals surface area contributed by atoms with Gasteiger partial charge in [-0.15, -0.1) is 0 Å². The summed E-state index contributed by atoms with van der Waals surface area (Å²) < 4.78 is 38.1. The minimum absolute atomic E-state index is 0.282. The zero-order chi connectivity index (χ0) is 17.6. The van der Waals surface area contributed by atoms with Crippen LogP contribution in [0.4, 0.5) is 13.2 Å². The Morgan fingerprint density at radius 2 is 1.71 bits per heavy atom. The van der Waals surface area contributed by atoms with E-state index in [1.165, 1.54) is 12.1 Å². The maximum Gasteiger partial charge on any atom is 0.416 e. The smallest absolute Gasteiger partial charge is 0.357 e. The Balaban J connectivity index is 1.85. The molecule has 0 aliphatic rings. The van der Waals surface area contributed by atoms with Gasteiger partial charge in [0.2, 0.25) is 0 Å². The van der Waals surface area contributed by atoms with Gasteiger partial charge in [0.05, 0.1) is 11.3 Å². The number of hydrogen-bond donors (Lipinski definition) is 3. The average molecular weight is 351 g/mol. The molecular weight excluding hydrogens is 335 g/mol. The summed E-state index contributed by atoms with van der Waals surface area (Å²) in [6.45, 7) is 4.24. The summed E-state index contributed by atoms with van der Waals surface area (Å²) >= 11 is 5.10. The lowest BCUT2D eigenvalue weighted by atomic mass is 10.1. The van der Waals surface area contributed by atoms with Crippen molar-refractivity contribution in [2.75, 3.05) is 0 Å². The summed E-state index contributed by atoms with van der Waals surface area (Å²) in [6, 6.07) is 14.6. The Morgan fingerprint density at radius 1 is 1.00 bits per heavy atom. The number of rotatable bonds is 5. The van der Waals surface area contributed by atoms with Crippen LogP contribution in [-0.2, 0) is 12.7 Å². The third-order valence-electron chi connectivity index (χ3n) is 3.16. The van der Waals surface area contributed by atoms with Crippen LogP contribution in [-0.4, -0.2) is 5.11 Å². The SMILES string of the molecule is C=C(NNC(=S)NCc1ccccc1)c1cccc(C(F)(F)F)c1. The molecule has 0 aliphatic carbocycles. The second-order valence-electron chi connectivity index (χ2n) is 4.98. The summed E-state index contributed by atoms with van der Waals surface area (Å²) in [6.07, 6.45) is -4.39. The molecule has 0 atom stereocenters. The molecule has 2 aromatic rings. The van der Waals surface area contributed by atoms with Crippen molar-refractivity contribution in [3.8, 4) is 0 Å². The molecule has 126 valence electrons. The van der Waals surface area contributed by atoms with Gasteiger partial charge < -0.3 is 5.32 Å². The van der Waals surface area contributed by atoms with Crippen molar-refractivity contribution in [1.29, 1.82) is 0 Å². The van der Waals surface area contributed by atoms with Crippen LogP contribution >= 0.6 is 12.2 Å². The standard InChI is InChI=1S/C17H16F3N3S/c1-12(14-8-5-9-15(10-14)17(18,19)20)22-23-16(24)21-11-13-6-3-2-4-7-13/h2-10,22H,1,11H2,(H2,21,23,24). The zero-order valence-corrected chi connectivity index (χ0v) is 13.5. The average Bonchev–Trinajstić information content (AvgIpc) is 2.58. The van der Waals surface area contributed by atoms with Crippen molar-refractivity contribution in [1.82, 2.24) is 16.2 Å². The Kier molecular flexibility index (Phi) is 5.81. The van der Waals surface area contributed by atoms with E-state index in [4.69, 9.17) is 12.2 Å². The molecule has 0 aliphatic heterocycles. The van der Waals surface area contributed by atoms with Gasteiger partial charge in [-0.2, -0.15) is 13.2 Å². The maximum atomic E-state index is 12.7. The largest absolute Gasteiger partial charge is 0.416 e. The highest BCUT2D eigenvalue weighted by Crippen LogP contribution is 2.30. The van der Waals surface area contributed by atoms with Gasteiger partial charge in [-0.3, -0.25) is 10.9 Å². The molecule has 0 bridgehead atoms. The second-order valence-corrected chi connectivity index (χ2v) is 5.38. The van der Waals surface area contributed by atoms with Crippen molar-refractivity contribution < 1.29 is 13.2 Å². The molecule has 0 amide bonds. The second kappa shape index (κ2) is 7.83. The molecule has 2 aromatic carbocycles. The Hall–Kier alpha value is -2.54. The van der Waals surface area contributed by atoms with Crippen molar-refractivity contribution >= 4 is 23.0 Å². The topological polar surface area (TPSA) is 36.1 Å². The van der Waals surface area contributed by atoms with Crippen molar-refractivity contribution in [2.45, 2.75) is 12.7 Å². The predicted octanol–water partition coefficient (Wildman–Crippen LogP) is 3.85. The molecule has 0 spiro atoms. The number of halogens is 3. The highest BCUT2D eigenvalue weighted by molar-refractivity contribution is 7.80. The van der Waals surface area contributed by atoms with Crippen LogP contribution in [0.15, 0.2) is 61.2 Å². The van der Waals surface area contributed by atoms with E-state index in [0.717, 1.165) is 17.7 Å². The summed E-state index contributed by atoms with van der Waals surface area (Å²) in [7, 11) is 0. The monoisotopic (exact) mass is 351 g/mol. The molecular formula is C17H16F3N3S. The van der Waals surface area contributed by atoms with Crippen LogP contribution in [0.1, 0.15) is 16.7 Å². The lowest BCUT2D eigenvalue weighted by Crippen LogP contribution is -2.42. The molecule has 0 fully saturated rings. The maximum absolute atomic E-state index is 12.7. The first-order valence-corrected chi connectivity index (χ1v) is 7.47. The highest BCUT2D eigenvalue weighted by Gasteiger charge is 2.30. The van der Waals surface area contributed by atoms with Gasteiger partial charge in [0.25, 0.3) is 0 Å². The molecule has 7 heteroatoms. The van der Waals surface area contributed by atoms with Gasteiger partial charge in [-0.1, -0.05) is 49.0 Å². The molecule has 0 saturated heterocycles. The first kappa shape index (κ1) is 17.8. The first-order valence-electron chi connectivity index (χ1n) is 7.06. The summed E-state index contributed by atoms with van der Waals surface area (Å²) in [5, 5.41) is 3.29. The van der Waals surface area contributed by atoms with Gasteiger partial charge in [0.1, 0.15) is 0 Å². The Bertz CT molecular complexity index is 715. The summed E-state index contributed by atoms with van der Waals surface area (Å²) in [5.41, 5.74) is 6.33. The lowest BCUT2D eigenvalue weighted by molar-refractivity contribution is -0.137. The first-order chi connectivity index (χ1) is 11.4. The third-order valence-corrected chi connectivity index (χ3v) is 3.41. The van der Waals surface area contributed by atoms with E-state index < -0.39 is 11.7 Å². The normalized spacial score (nSPS) is 10.8. The third kappa shape index (κ3) is 5.27. The van der Waals surface area contributed by atoms with E-state index in [-0.39, 0.29) is 5.70 Å². The number of hydrogen-bond acceptors (Lipinski definition) is 2. The number of alkyl halides is 3. The molecule has 0 aromatic heterocycles. The zero-order valence-electron chi connectivity index (χ0n) is 12.7. The van der Waals surface area contributed by atoms with E-state index >= 15 is 0 Å². The molecule has 0 unspecified atom stereocenters. The van der Waals surface area contributed by atoms with E-state index in [0.29, 0.717) is 17.2 Å². The van der Waals surface area contributed by atoms with Crippen LogP contribution in [0.3, 0.4) is 0 Å². The fourth-order valence-electron chi connectivity index (χ4n) is 1.91. The summed E-state index contributed by atoms with van der Waals surface area (Å²) in [5.74, 6) is 0. The quantitative estimate of drug-likeness (QED) is 0.565. The van der Waals surface area contributed by atoms with Crippen LogP contribution in [0.25, 0.3) is 5.70 Å². The molecule has 2 rings (SSSR count). The van der Waals surface area contributed by atoms with Gasteiger partial charge >= 0.3 is 6.18 Å². The molecule has 3 nitrogen and oxygen atoms in total. The van der Waals surface area contributed by atoms with E-state index in [1.54, 1.807) is 0 Å². The fourth-order valence-corrected chi connectivity index (χ4v) is 2.03. The molecule has 0 radical (unpaired) electrons. The van der Waals surface area contributed by atoms with Gasteiger partial charge in [-0.25, -0.2) is 0 Å². The molecule has 0 heterocycles. The van der Waals surface area contributed by atoms with Gasteiger partial charge in [0, 0.05) is 6.54 Å². The Morgan fingerprint density at radius 3 is 2.38 bits per heavy atom. The van der Waals surface area contributed by atoms with Crippen molar-refractivity contribution in [3.63, 3.8) is 0 Å². The summed E-state index contributed by atoms with van der Waals surface area (Å²) in [4.78, 5) is 0. The number of nitrogens with one attached hydrogen (secondary N) is 3. The molecule has 24 heavy (non-hydrogen) atoms. The van der Waals surface area contributed by atoms with Gasteiger partial charge in [-0.05, 0) is 35.5 Å². The fraction of sp³-hybridized carbons (Fsp3) is 0.118. The minimum atomic E-state index is -4.39. The van der Waals surface area contributed by atoms with Crippen molar-refractivity contribution in [2.24, 2.45) is 0 Å². The number of benzene rings is 2. The van der Waals surface area contributed by atoms with Crippen LogP contribution < -0.4 is 16.2 Å². The van der Waals surface area contributed by atoms with E-state index in [9.17, 15) is 13.2 Å². The van der Waals surface area contributed by atoms with E-state index in [2.05, 4.69) is 22.7 Å². The number of hydrazine groups is 1. The highest BCUT2D eigenvalue weighted by atomic mass is 32.1. The van der Waals surface area contributed by atoms with E-state index in [1.807, 2.05) is 30.3 Å². The van der Waals surface area contributed by atoms with Crippen LogP contribution in [0, 0.1) is 0 Å². The molecule has 3 N–H and O–H groups in total. The Labute approximate surface area is 143 Å². The number of thiocarbonyl (C=S) groups is 1. The van der Waals surface area contributed by atoms with Crippen LogP contribution in [0.2, 0.25) is 0 Å².